The van der Waals surface area contributed by atoms with Gasteiger partial charge in [-0.1, -0.05) is 12.1 Å². The first-order valence-electron chi connectivity index (χ1n) is 8.01. The number of aromatic nitrogens is 2. The van der Waals surface area contributed by atoms with Gasteiger partial charge in [0.1, 0.15) is 23.7 Å². The largest absolute Gasteiger partial charge is 0.497 e. The summed E-state index contributed by atoms with van der Waals surface area (Å²) in [5.41, 5.74) is 1.79. The minimum atomic E-state index is -0.352. The van der Waals surface area contributed by atoms with Gasteiger partial charge in [-0.3, -0.25) is 14.2 Å². The number of carbonyl (C=O) groups excluding carboxylic acids is 1. The molecule has 1 N–H and O–H groups in total. The molecule has 0 spiro atoms. The van der Waals surface area contributed by atoms with Crippen molar-refractivity contribution in [3.8, 4) is 11.5 Å². The number of methoxy groups -OCH3 is 2. The van der Waals surface area contributed by atoms with Gasteiger partial charge in [0.25, 0.3) is 5.56 Å². The van der Waals surface area contributed by atoms with E-state index in [1.54, 1.807) is 50.4 Å². The van der Waals surface area contributed by atoms with Crippen LogP contribution in [0.25, 0.3) is 11.0 Å². The van der Waals surface area contributed by atoms with E-state index in [2.05, 4.69) is 10.3 Å². The molecule has 0 unspecified atom stereocenters. The highest BCUT2D eigenvalue weighted by Gasteiger charge is 2.14. The number of para-hydroxylation sites is 2. The third kappa shape index (κ3) is 3.37. The number of anilines is 1. The molecule has 0 saturated heterocycles. The third-order valence-corrected chi connectivity index (χ3v) is 4.00. The Morgan fingerprint density at radius 2 is 1.92 bits per heavy atom. The van der Waals surface area contributed by atoms with Gasteiger partial charge in [0.2, 0.25) is 5.91 Å². The van der Waals surface area contributed by atoms with E-state index in [1.165, 1.54) is 11.7 Å². The van der Waals surface area contributed by atoms with Crippen molar-refractivity contribution in [2.45, 2.75) is 13.5 Å². The summed E-state index contributed by atoms with van der Waals surface area (Å²) in [6, 6.07) is 12.3. The second kappa shape index (κ2) is 7.26. The molecule has 3 rings (SSSR count). The molecular weight excluding hydrogens is 334 g/mol. The molecule has 0 bridgehead atoms. The molecule has 1 heterocycles. The maximum atomic E-state index is 12.6. The molecule has 7 nitrogen and oxygen atoms in total. The van der Waals surface area contributed by atoms with E-state index in [0.29, 0.717) is 33.9 Å². The zero-order valence-electron chi connectivity index (χ0n) is 14.8. The summed E-state index contributed by atoms with van der Waals surface area (Å²) in [6.07, 6.45) is 0. The normalized spacial score (nSPS) is 10.6. The van der Waals surface area contributed by atoms with Gasteiger partial charge in [-0.2, -0.15) is 0 Å². The van der Waals surface area contributed by atoms with Crippen LogP contribution in [0.5, 0.6) is 11.5 Å². The van der Waals surface area contributed by atoms with E-state index in [9.17, 15) is 9.59 Å². The lowest BCUT2D eigenvalue weighted by molar-refractivity contribution is -0.116. The summed E-state index contributed by atoms with van der Waals surface area (Å²) in [4.78, 5) is 29.3. The number of nitrogens with one attached hydrogen (secondary N) is 1. The van der Waals surface area contributed by atoms with Crippen molar-refractivity contribution in [2.75, 3.05) is 19.5 Å². The zero-order valence-corrected chi connectivity index (χ0v) is 14.8. The minimum Gasteiger partial charge on any atom is -0.497 e. The van der Waals surface area contributed by atoms with Crippen LogP contribution in [0.1, 0.15) is 5.69 Å². The Labute approximate surface area is 150 Å². The SMILES string of the molecule is COc1ccc(OC)c(NC(=O)Cn2c(=O)c(C)nc3ccccc32)c1. The van der Waals surface area contributed by atoms with Crippen molar-refractivity contribution in [1.29, 1.82) is 0 Å². The highest BCUT2D eigenvalue weighted by molar-refractivity contribution is 5.93. The van der Waals surface area contributed by atoms with Gasteiger partial charge in [-0.15, -0.1) is 0 Å². The van der Waals surface area contributed by atoms with Crippen LogP contribution in [-0.4, -0.2) is 29.7 Å². The molecular formula is C19H19N3O4. The molecule has 3 aromatic rings. The van der Waals surface area contributed by atoms with Crippen LogP contribution in [0.4, 0.5) is 5.69 Å². The minimum absolute atomic E-state index is 0.136. The summed E-state index contributed by atoms with van der Waals surface area (Å²) in [6.45, 7) is 1.50. The average Bonchev–Trinajstić information content (AvgIpc) is 2.65. The quantitative estimate of drug-likeness (QED) is 0.761. The summed E-state index contributed by atoms with van der Waals surface area (Å²) in [5.74, 6) is 0.736. The van der Waals surface area contributed by atoms with E-state index >= 15 is 0 Å². The van der Waals surface area contributed by atoms with E-state index in [4.69, 9.17) is 9.47 Å². The molecule has 1 amide bonds. The zero-order chi connectivity index (χ0) is 18.7. The number of amides is 1. The number of ether oxygens (including phenoxy) is 2. The van der Waals surface area contributed by atoms with Crippen molar-refractivity contribution in [1.82, 2.24) is 9.55 Å². The van der Waals surface area contributed by atoms with Crippen molar-refractivity contribution in [3.63, 3.8) is 0 Å². The van der Waals surface area contributed by atoms with E-state index < -0.39 is 0 Å². The molecule has 0 atom stereocenters. The van der Waals surface area contributed by atoms with Gasteiger partial charge in [-0.05, 0) is 31.2 Å². The van der Waals surface area contributed by atoms with Gasteiger partial charge < -0.3 is 14.8 Å². The van der Waals surface area contributed by atoms with Crippen molar-refractivity contribution in [3.05, 3.63) is 58.5 Å². The highest BCUT2D eigenvalue weighted by Crippen LogP contribution is 2.28. The lowest BCUT2D eigenvalue weighted by atomic mass is 10.2. The van der Waals surface area contributed by atoms with Gasteiger partial charge in [-0.25, -0.2) is 4.98 Å². The van der Waals surface area contributed by atoms with Crippen LogP contribution < -0.4 is 20.3 Å². The summed E-state index contributed by atoms with van der Waals surface area (Å²) in [7, 11) is 3.06. The number of rotatable bonds is 5. The molecule has 0 fully saturated rings. The molecule has 0 aliphatic carbocycles. The van der Waals surface area contributed by atoms with E-state index in [-0.39, 0.29) is 18.0 Å². The molecule has 0 aliphatic rings. The highest BCUT2D eigenvalue weighted by atomic mass is 16.5. The summed E-state index contributed by atoms with van der Waals surface area (Å²) in [5, 5.41) is 2.77. The molecule has 1 aromatic heterocycles. The van der Waals surface area contributed by atoms with Gasteiger partial charge in [0.15, 0.2) is 0 Å². The van der Waals surface area contributed by atoms with Gasteiger partial charge in [0.05, 0.1) is 30.9 Å². The fourth-order valence-corrected chi connectivity index (χ4v) is 2.72. The second-order valence-electron chi connectivity index (χ2n) is 5.69. The maximum Gasteiger partial charge on any atom is 0.272 e. The predicted molar refractivity (Wildman–Crippen MR) is 98.9 cm³/mol. The van der Waals surface area contributed by atoms with Crippen molar-refractivity contribution in [2.24, 2.45) is 0 Å². The Kier molecular flexibility index (Phi) is 4.88. The van der Waals surface area contributed by atoms with E-state index in [1.807, 2.05) is 6.07 Å². The number of hydrogen-bond acceptors (Lipinski definition) is 5. The first-order chi connectivity index (χ1) is 12.5. The van der Waals surface area contributed by atoms with Crippen LogP contribution >= 0.6 is 0 Å². The lowest BCUT2D eigenvalue weighted by Gasteiger charge is -2.14. The summed E-state index contributed by atoms with van der Waals surface area (Å²) < 4.78 is 11.9. The summed E-state index contributed by atoms with van der Waals surface area (Å²) >= 11 is 0. The molecule has 7 heteroatoms. The van der Waals surface area contributed by atoms with E-state index in [0.717, 1.165) is 0 Å². The Morgan fingerprint density at radius 3 is 2.65 bits per heavy atom. The van der Waals surface area contributed by atoms with Gasteiger partial charge >= 0.3 is 0 Å². The number of nitrogens with zero attached hydrogens (tertiary/aromatic N) is 2. The van der Waals surface area contributed by atoms with Crippen LogP contribution in [-0.2, 0) is 11.3 Å². The topological polar surface area (TPSA) is 82.5 Å². The number of aryl methyl sites for hydroxylation is 1. The molecule has 2 aromatic carbocycles. The first-order valence-corrected chi connectivity index (χ1v) is 8.01. The van der Waals surface area contributed by atoms with Gasteiger partial charge in [0, 0.05) is 6.07 Å². The Balaban J connectivity index is 1.93. The fraction of sp³-hybridized carbons (Fsp3) is 0.211. The van der Waals surface area contributed by atoms with Crippen LogP contribution in [0, 0.1) is 6.92 Å². The van der Waals surface area contributed by atoms with Crippen molar-refractivity contribution < 1.29 is 14.3 Å². The standard InChI is InChI=1S/C19H19N3O4/c1-12-19(24)22(16-7-5-4-6-14(16)20-12)11-18(23)21-15-10-13(25-2)8-9-17(15)26-3/h4-10H,11H2,1-3H3,(H,21,23). The fourth-order valence-electron chi connectivity index (χ4n) is 2.72. The molecule has 0 saturated carbocycles. The number of benzene rings is 2. The van der Waals surface area contributed by atoms with Crippen molar-refractivity contribution >= 4 is 22.6 Å². The smallest absolute Gasteiger partial charge is 0.272 e. The monoisotopic (exact) mass is 353 g/mol. The van der Waals surface area contributed by atoms with Crippen LogP contribution in [0.2, 0.25) is 0 Å². The first kappa shape index (κ1) is 17.5. The second-order valence-corrected chi connectivity index (χ2v) is 5.69. The Hall–Kier alpha value is -3.35. The average molecular weight is 353 g/mol. The maximum absolute atomic E-state index is 12.6. The number of carbonyl (C=O) groups is 1. The predicted octanol–water partition coefficient (Wildman–Crippen LogP) is 2.36. The Morgan fingerprint density at radius 1 is 1.15 bits per heavy atom. The number of hydrogen-bond donors (Lipinski definition) is 1. The number of fused-ring (bicyclic) bond motifs is 1. The molecule has 26 heavy (non-hydrogen) atoms. The van der Waals surface area contributed by atoms with Crippen LogP contribution in [0.3, 0.4) is 0 Å². The molecule has 0 aliphatic heterocycles. The third-order valence-electron chi connectivity index (χ3n) is 4.00. The lowest BCUT2D eigenvalue weighted by Crippen LogP contribution is -2.30. The van der Waals surface area contributed by atoms with Crippen LogP contribution in [0.15, 0.2) is 47.3 Å². The molecule has 0 radical (unpaired) electrons. The molecule has 134 valence electrons. The Bertz CT molecular complexity index is 1030.